The summed E-state index contributed by atoms with van der Waals surface area (Å²) in [5.41, 5.74) is 1.78. The largest absolute Gasteiger partial charge is 0.475 e. The highest BCUT2D eigenvalue weighted by atomic mass is 32.2. The molecule has 4 nitrogen and oxygen atoms in total. The van der Waals surface area contributed by atoms with E-state index >= 15 is 0 Å². The highest BCUT2D eigenvalue weighted by molar-refractivity contribution is 7.99. The van der Waals surface area contributed by atoms with Crippen LogP contribution in [0.2, 0.25) is 0 Å². The number of aromatic carboxylic acids is 1. The third kappa shape index (κ3) is 3.09. The van der Waals surface area contributed by atoms with Crippen LogP contribution >= 0.6 is 11.8 Å². The average Bonchev–Trinajstić information content (AvgIpc) is 3.10. The number of hydrogen-bond acceptors (Lipinski definition) is 4. The van der Waals surface area contributed by atoms with Gasteiger partial charge in [-0.1, -0.05) is 12.5 Å². The molecule has 0 bridgehead atoms. The Morgan fingerprint density at radius 2 is 2.29 bits per heavy atom. The topological polar surface area (TPSA) is 62.5 Å². The zero-order chi connectivity index (χ0) is 14.8. The Labute approximate surface area is 127 Å². The zero-order valence-electron chi connectivity index (χ0n) is 12.0. The third-order valence-electron chi connectivity index (χ3n) is 4.12. The van der Waals surface area contributed by atoms with E-state index in [9.17, 15) is 4.79 Å². The number of carboxylic acids is 1. The summed E-state index contributed by atoms with van der Waals surface area (Å²) in [5, 5.41) is 14.1. The monoisotopic (exact) mass is 305 g/mol. The van der Waals surface area contributed by atoms with Crippen LogP contribution in [0, 0.1) is 0 Å². The van der Waals surface area contributed by atoms with Crippen LogP contribution in [-0.4, -0.2) is 28.6 Å². The SMILES string of the molecule is CSC1CCCC1NCc1ccc2oc(C(=O)O)cc2c1. The van der Waals surface area contributed by atoms with Crippen LogP contribution in [0.3, 0.4) is 0 Å². The summed E-state index contributed by atoms with van der Waals surface area (Å²) in [6, 6.07) is 8.00. The van der Waals surface area contributed by atoms with Gasteiger partial charge in [-0.15, -0.1) is 0 Å². The van der Waals surface area contributed by atoms with E-state index in [1.165, 1.54) is 19.3 Å². The normalized spacial score (nSPS) is 22.0. The quantitative estimate of drug-likeness (QED) is 0.885. The first-order chi connectivity index (χ1) is 10.2. The van der Waals surface area contributed by atoms with Crippen LogP contribution in [0.4, 0.5) is 0 Å². The second-order valence-corrected chi connectivity index (χ2v) is 6.56. The first-order valence-electron chi connectivity index (χ1n) is 7.19. The molecule has 2 atom stereocenters. The Balaban J connectivity index is 1.71. The molecule has 1 heterocycles. The lowest BCUT2D eigenvalue weighted by atomic mass is 10.1. The predicted octanol–water partition coefficient (Wildman–Crippen LogP) is 3.50. The molecule has 1 saturated carbocycles. The number of nitrogens with one attached hydrogen (secondary N) is 1. The molecule has 1 aromatic carbocycles. The molecule has 1 fully saturated rings. The summed E-state index contributed by atoms with van der Waals surface area (Å²) in [5.74, 6) is -1.03. The maximum absolute atomic E-state index is 10.9. The van der Waals surface area contributed by atoms with Crippen molar-refractivity contribution in [3.05, 3.63) is 35.6 Å². The minimum atomic E-state index is -1.03. The maximum atomic E-state index is 10.9. The molecule has 0 radical (unpaired) electrons. The fourth-order valence-electron chi connectivity index (χ4n) is 3.00. The van der Waals surface area contributed by atoms with Crippen molar-refractivity contribution >= 4 is 28.7 Å². The lowest BCUT2D eigenvalue weighted by Crippen LogP contribution is -2.33. The van der Waals surface area contributed by atoms with Crippen LogP contribution in [0.1, 0.15) is 35.4 Å². The van der Waals surface area contributed by atoms with Gasteiger partial charge in [-0.25, -0.2) is 4.79 Å². The molecule has 2 aromatic rings. The Morgan fingerprint density at radius 1 is 1.43 bits per heavy atom. The molecule has 0 saturated heterocycles. The zero-order valence-corrected chi connectivity index (χ0v) is 12.8. The molecule has 0 amide bonds. The predicted molar refractivity (Wildman–Crippen MR) is 85.0 cm³/mol. The Kier molecular flexibility index (Phi) is 4.22. The minimum absolute atomic E-state index is 0.00616. The lowest BCUT2D eigenvalue weighted by molar-refractivity contribution is 0.0665. The first kappa shape index (κ1) is 14.5. The third-order valence-corrected chi connectivity index (χ3v) is 5.28. The first-order valence-corrected chi connectivity index (χ1v) is 8.48. The molecule has 2 N–H and O–H groups in total. The number of hydrogen-bond donors (Lipinski definition) is 2. The standard InChI is InChI=1S/C16H19NO3S/c1-21-15-4-2-3-12(15)17-9-10-5-6-13-11(7-10)8-14(20-13)16(18)19/h5-8,12,15,17H,2-4,9H2,1H3,(H,18,19). The van der Waals surface area contributed by atoms with Gasteiger partial charge in [0, 0.05) is 23.2 Å². The number of benzene rings is 1. The number of rotatable bonds is 5. The molecule has 2 unspecified atom stereocenters. The summed E-state index contributed by atoms with van der Waals surface area (Å²) in [6.07, 6.45) is 6.01. The number of thioether (sulfide) groups is 1. The Morgan fingerprint density at radius 3 is 3.05 bits per heavy atom. The fourth-order valence-corrected chi connectivity index (χ4v) is 3.96. The van der Waals surface area contributed by atoms with Gasteiger partial charge < -0.3 is 14.8 Å². The molecule has 1 aliphatic carbocycles. The van der Waals surface area contributed by atoms with Crippen molar-refractivity contribution in [2.45, 2.75) is 37.1 Å². The van der Waals surface area contributed by atoms with E-state index in [-0.39, 0.29) is 5.76 Å². The molecular weight excluding hydrogens is 286 g/mol. The number of furan rings is 1. The lowest BCUT2D eigenvalue weighted by Gasteiger charge is -2.19. The highest BCUT2D eigenvalue weighted by Gasteiger charge is 2.25. The van der Waals surface area contributed by atoms with E-state index in [2.05, 4.69) is 11.6 Å². The van der Waals surface area contributed by atoms with Crippen molar-refractivity contribution < 1.29 is 14.3 Å². The molecule has 0 spiro atoms. The summed E-state index contributed by atoms with van der Waals surface area (Å²) in [6.45, 7) is 0.811. The molecule has 112 valence electrons. The Bertz CT molecular complexity index is 652. The number of fused-ring (bicyclic) bond motifs is 1. The van der Waals surface area contributed by atoms with Crippen molar-refractivity contribution in [2.24, 2.45) is 0 Å². The van der Waals surface area contributed by atoms with Gasteiger partial charge in [0.2, 0.25) is 5.76 Å². The van der Waals surface area contributed by atoms with Crippen LogP contribution in [0.25, 0.3) is 11.0 Å². The fraction of sp³-hybridized carbons (Fsp3) is 0.438. The van der Waals surface area contributed by atoms with E-state index in [0.717, 1.165) is 17.5 Å². The van der Waals surface area contributed by atoms with Gasteiger partial charge in [0.1, 0.15) is 5.58 Å². The van der Waals surface area contributed by atoms with Gasteiger partial charge in [-0.2, -0.15) is 11.8 Å². The number of carbonyl (C=O) groups is 1. The van der Waals surface area contributed by atoms with Crippen LogP contribution in [0.15, 0.2) is 28.7 Å². The minimum Gasteiger partial charge on any atom is -0.475 e. The summed E-state index contributed by atoms with van der Waals surface area (Å²) in [7, 11) is 0. The van der Waals surface area contributed by atoms with Gasteiger partial charge in [0.25, 0.3) is 0 Å². The molecule has 3 rings (SSSR count). The smallest absolute Gasteiger partial charge is 0.371 e. The maximum Gasteiger partial charge on any atom is 0.371 e. The highest BCUT2D eigenvalue weighted by Crippen LogP contribution is 2.28. The van der Waals surface area contributed by atoms with Gasteiger partial charge in [-0.3, -0.25) is 0 Å². The molecule has 1 aliphatic rings. The van der Waals surface area contributed by atoms with E-state index in [0.29, 0.717) is 16.9 Å². The summed E-state index contributed by atoms with van der Waals surface area (Å²) in [4.78, 5) is 10.9. The molecule has 5 heteroatoms. The average molecular weight is 305 g/mol. The van der Waals surface area contributed by atoms with E-state index < -0.39 is 5.97 Å². The summed E-state index contributed by atoms with van der Waals surface area (Å²) >= 11 is 1.94. The van der Waals surface area contributed by atoms with E-state index in [1.54, 1.807) is 6.07 Å². The Hall–Kier alpha value is -1.46. The molecule has 0 aliphatic heterocycles. The van der Waals surface area contributed by atoms with E-state index in [4.69, 9.17) is 9.52 Å². The molecule has 21 heavy (non-hydrogen) atoms. The van der Waals surface area contributed by atoms with Crippen LogP contribution in [-0.2, 0) is 6.54 Å². The van der Waals surface area contributed by atoms with Gasteiger partial charge in [0.05, 0.1) is 0 Å². The van der Waals surface area contributed by atoms with Crippen molar-refractivity contribution in [1.29, 1.82) is 0 Å². The van der Waals surface area contributed by atoms with Gasteiger partial charge in [-0.05, 0) is 42.9 Å². The van der Waals surface area contributed by atoms with Gasteiger partial charge in [0.15, 0.2) is 0 Å². The summed E-state index contributed by atoms with van der Waals surface area (Å²) < 4.78 is 5.27. The van der Waals surface area contributed by atoms with Crippen LogP contribution in [0.5, 0.6) is 0 Å². The van der Waals surface area contributed by atoms with Crippen molar-refractivity contribution in [2.75, 3.05) is 6.26 Å². The van der Waals surface area contributed by atoms with E-state index in [1.807, 2.05) is 30.0 Å². The van der Waals surface area contributed by atoms with Crippen molar-refractivity contribution in [1.82, 2.24) is 5.32 Å². The molecule has 1 aromatic heterocycles. The second-order valence-electron chi connectivity index (χ2n) is 5.48. The molecular formula is C16H19NO3S. The van der Waals surface area contributed by atoms with Crippen molar-refractivity contribution in [3.8, 4) is 0 Å². The van der Waals surface area contributed by atoms with Crippen LogP contribution < -0.4 is 5.32 Å². The van der Waals surface area contributed by atoms with Crippen molar-refractivity contribution in [3.63, 3.8) is 0 Å². The van der Waals surface area contributed by atoms with Gasteiger partial charge >= 0.3 is 5.97 Å². The second kappa shape index (κ2) is 6.12. The number of carboxylic acid groups (broad SMARTS) is 1.